The molecule has 0 aliphatic heterocycles. The molecule has 0 fully saturated rings. The molecule has 0 saturated heterocycles. The smallest absolute Gasteiger partial charge is 0.137 e. The number of fused-ring (bicyclic) bond motifs is 12. The fraction of sp³-hybridized carbons (Fsp3) is 0. The fourth-order valence-corrected chi connectivity index (χ4v) is 8.88. The molecule has 258 valence electrons. The minimum atomic E-state index is 0.548. The van der Waals surface area contributed by atoms with E-state index in [1.54, 1.807) is 0 Å². The number of para-hydroxylation sites is 4. The Kier molecular flexibility index (Phi) is 6.10. The van der Waals surface area contributed by atoms with Gasteiger partial charge >= 0.3 is 0 Å². The summed E-state index contributed by atoms with van der Waals surface area (Å²) in [7, 11) is 0. The largest absolute Gasteiger partial charge is 0.456 e. The number of nitrogens with zero attached hydrogens (tertiary/aromatic N) is 4. The topological polar surface area (TPSA) is 83.7 Å². The molecule has 0 aliphatic carbocycles. The van der Waals surface area contributed by atoms with Gasteiger partial charge in [0.15, 0.2) is 0 Å². The van der Waals surface area contributed by atoms with Crippen molar-refractivity contribution in [2.75, 3.05) is 0 Å². The number of furan rings is 2. The first-order chi connectivity index (χ1) is 27.7. The lowest BCUT2D eigenvalue weighted by Crippen LogP contribution is -2.00. The van der Waals surface area contributed by atoms with Crippen molar-refractivity contribution in [1.82, 2.24) is 9.13 Å². The quantitative estimate of drug-likeness (QED) is 0.182. The van der Waals surface area contributed by atoms with Crippen molar-refractivity contribution in [3.63, 3.8) is 0 Å². The summed E-state index contributed by atoms with van der Waals surface area (Å²) in [6, 6.07) is 58.3. The van der Waals surface area contributed by atoms with Gasteiger partial charge in [0.2, 0.25) is 0 Å². The number of benzene rings is 8. The summed E-state index contributed by atoms with van der Waals surface area (Å²) < 4.78 is 17.1. The van der Waals surface area contributed by atoms with Gasteiger partial charge in [-0.05, 0) is 71.8 Å². The van der Waals surface area contributed by atoms with Crippen molar-refractivity contribution in [3.8, 4) is 34.6 Å². The molecule has 0 N–H and O–H groups in total. The van der Waals surface area contributed by atoms with Gasteiger partial charge in [-0.25, -0.2) is 0 Å². The van der Waals surface area contributed by atoms with Crippen molar-refractivity contribution in [3.05, 3.63) is 169 Å². The lowest BCUT2D eigenvalue weighted by atomic mass is 9.99. The first-order valence-electron chi connectivity index (χ1n) is 18.5. The second kappa shape index (κ2) is 11.2. The van der Waals surface area contributed by atoms with Crippen LogP contribution in [0.1, 0.15) is 11.1 Å². The van der Waals surface area contributed by atoms with Crippen molar-refractivity contribution in [2.24, 2.45) is 0 Å². The second-order valence-corrected chi connectivity index (χ2v) is 14.3. The fourth-order valence-electron chi connectivity index (χ4n) is 8.88. The van der Waals surface area contributed by atoms with Crippen LogP contribution in [0.2, 0.25) is 0 Å². The van der Waals surface area contributed by atoms with E-state index in [1.165, 1.54) is 0 Å². The van der Waals surface area contributed by atoms with Crippen LogP contribution in [0.15, 0.2) is 167 Å². The lowest BCUT2D eigenvalue weighted by molar-refractivity contribution is 0.669. The Balaban J connectivity index is 1.10. The van der Waals surface area contributed by atoms with Gasteiger partial charge in [-0.15, -0.1) is 0 Å². The van der Waals surface area contributed by atoms with Crippen LogP contribution < -0.4 is 0 Å². The van der Waals surface area contributed by atoms with Gasteiger partial charge in [0.05, 0.1) is 44.6 Å². The Hall–Kier alpha value is -8.06. The molecule has 4 aromatic heterocycles. The van der Waals surface area contributed by atoms with E-state index in [4.69, 9.17) is 8.83 Å². The highest BCUT2D eigenvalue weighted by Gasteiger charge is 2.21. The molecular formula is C50H26N4O2. The Morgan fingerprint density at radius 3 is 1.20 bits per heavy atom. The third kappa shape index (κ3) is 4.13. The van der Waals surface area contributed by atoms with Crippen molar-refractivity contribution in [2.45, 2.75) is 0 Å². The third-order valence-corrected chi connectivity index (χ3v) is 11.4. The van der Waals surface area contributed by atoms with Crippen LogP contribution in [-0.4, -0.2) is 9.13 Å². The van der Waals surface area contributed by atoms with Crippen molar-refractivity contribution >= 4 is 87.5 Å². The zero-order valence-electron chi connectivity index (χ0n) is 29.6. The van der Waals surface area contributed by atoms with Gasteiger partial charge in [-0.3, -0.25) is 0 Å². The average Bonchev–Trinajstić information content (AvgIpc) is 3.98. The van der Waals surface area contributed by atoms with Crippen molar-refractivity contribution < 1.29 is 8.83 Å². The molecule has 6 heteroatoms. The summed E-state index contributed by atoms with van der Waals surface area (Å²) >= 11 is 0. The normalized spacial score (nSPS) is 11.9. The highest BCUT2D eigenvalue weighted by Crippen LogP contribution is 2.42. The van der Waals surface area contributed by atoms with E-state index < -0.39 is 0 Å². The standard InChI is InChI=1S/C50H26N4O2/c51-27-31-19-17-29(21-43(31)53-41-13-5-1-9-33(41)37-23-39-35-11-3-7-15-47(35)55-49(39)25-45(37)53)30-18-20-32(28-52)44(22-30)54-42-14-6-2-10-34(42)38-24-40-36-12-4-8-16-48(36)56-50(40)26-46(38)54/h1-26H. The van der Waals surface area contributed by atoms with E-state index in [2.05, 4.69) is 106 Å². The molecule has 12 aromatic rings. The molecule has 8 aromatic carbocycles. The predicted octanol–water partition coefficient (Wildman–Crippen LogP) is 13.1. The van der Waals surface area contributed by atoms with Crippen molar-refractivity contribution in [1.29, 1.82) is 10.5 Å². The van der Waals surface area contributed by atoms with Crippen LogP contribution in [0.5, 0.6) is 0 Å². The molecule has 0 aliphatic rings. The minimum Gasteiger partial charge on any atom is -0.456 e. The van der Waals surface area contributed by atoms with Crippen LogP contribution in [0.4, 0.5) is 0 Å². The molecule has 4 heterocycles. The zero-order chi connectivity index (χ0) is 37.1. The molecule has 6 nitrogen and oxygen atoms in total. The van der Waals surface area contributed by atoms with Gasteiger partial charge in [-0.1, -0.05) is 84.9 Å². The molecule has 0 saturated carbocycles. The van der Waals surface area contributed by atoms with E-state index in [1.807, 2.05) is 72.8 Å². The maximum Gasteiger partial charge on any atom is 0.137 e. The summed E-state index contributed by atoms with van der Waals surface area (Å²) in [5, 5.41) is 29.7. The third-order valence-electron chi connectivity index (χ3n) is 11.4. The van der Waals surface area contributed by atoms with Crippen LogP contribution in [0.3, 0.4) is 0 Å². The van der Waals surface area contributed by atoms with Crippen LogP contribution in [-0.2, 0) is 0 Å². The molecular weight excluding hydrogens is 689 g/mol. The number of nitriles is 2. The SMILES string of the molecule is N#Cc1ccc(-c2ccc(C#N)c(-n3c4ccccc4c4cc5c(cc43)oc3ccccc35)c2)cc1-n1c2ccccc2c2cc3c(cc21)oc1ccccc13. The number of hydrogen-bond acceptors (Lipinski definition) is 4. The highest BCUT2D eigenvalue weighted by molar-refractivity contribution is 6.19. The molecule has 0 bridgehead atoms. The highest BCUT2D eigenvalue weighted by atomic mass is 16.3. The van der Waals surface area contributed by atoms with Gasteiger partial charge < -0.3 is 18.0 Å². The predicted molar refractivity (Wildman–Crippen MR) is 225 cm³/mol. The Morgan fingerprint density at radius 2 is 0.750 bits per heavy atom. The maximum atomic E-state index is 10.5. The van der Waals surface area contributed by atoms with E-state index in [0.717, 1.165) is 110 Å². The van der Waals surface area contributed by atoms with Gasteiger partial charge in [0.1, 0.15) is 34.5 Å². The summed E-state index contributed by atoms with van der Waals surface area (Å²) in [6.07, 6.45) is 0. The minimum absolute atomic E-state index is 0.548. The Bertz CT molecular complexity index is 3500. The molecule has 0 amide bonds. The Morgan fingerprint density at radius 1 is 0.339 bits per heavy atom. The Labute approximate surface area is 318 Å². The zero-order valence-corrected chi connectivity index (χ0v) is 29.6. The first kappa shape index (κ1) is 30.4. The van der Waals surface area contributed by atoms with E-state index in [0.29, 0.717) is 11.1 Å². The molecule has 0 radical (unpaired) electrons. The monoisotopic (exact) mass is 714 g/mol. The van der Waals surface area contributed by atoms with Crippen LogP contribution in [0, 0.1) is 22.7 Å². The number of aromatic nitrogens is 2. The van der Waals surface area contributed by atoms with Gasteiger partial charge in [0, 0.05) is 55.2 Å². The summed E-state index contributed by atoms with van der Waals surface area (Å²) in [4.78, 5) is 0. The summed E-state index contributed by atoms with van der Waals surface area (Å²) in [5.74, 6) is 0. The summed E-state index contributed by atoms with van der Waals surface area (Å²) in [5.41, 5.74) is 11.6. The second-order valence-electron chi connectivity index (χ2n) is 14.3. The first-order valence-corrected chi connectivity index (χ1v) is 18.5. The van der Waals surface area contributed by atoms with E-state index in [9.17, 15) is 10.5 Å². The number of rotatable bonds is 3. The average molecular weight is 715 g/mol. The van der Waals surface area contributed by atoms with Gasteiger partial charge in [0.25, 0.3) is 0 Å². The van der Waals surface area contributed by atoms with Crippen LogP contribution in [0.25, 0.3) is 110 Å². The van der Waals surface area contributed by atoms with Crippen LogP contribution >= 0.6 is 0 Å². The molecule has 0 unspecified atom stereocenters. The molecule has 56 heavy (non-hydrogen) atoms. The number of hydrogen-bond donors (Lipinski definition) is 0. The summed E-state index contributed by atoms with van der Waals surface area (Å²) in [6.45, 7) is 0. The molecule has 12 rings (SSSR count). The molecule has 0 spiro atoms. The van der Waals surface area contributed by atoms with E-state index >= 15 is 0 Å². The van der Waals surface area contributed by atoms with Gasteiger partial charge in [-0.2, -0.15) is 10.5 Å². The maximum absolute atomic E-state index is 10.5. The lowest BCUT2D eigenvalue weighted by Gasteiger charge is -2.15. The molecule has 0 atom stereocenters. The van der Waals surface area contributed by atoms with E-state index in [-0.39, 0.29) is 0 Å².